The fourth-order valence-electron chi connectivity index (χ4n) is 2.85. The minimum Gasteiger partial charge on any atom is -0.456 e. The Kier molecular flexibility index (Phi) is 5.31. The van der Waals surface area contributed by atoms with Crippen molar-refractivity contribution in [1.29, 1.82) is 0 Å². The van der Waals surface area contributed by atoms with Crippen LogP contribution in [0, 0.1) is 6.92 Å². The van der Waals surface area contributed by atoms with Crippen molar-refractivity contribution >= 4 is 17.3 Å². The van der Waals surface area contributed by atoms with Crippen LogP contribution in [0.15, 0.2) is 84.9 Å². The first kappa shape index (κ1) is 18.1. The highest BCUT2D eigenvalue weighted by Gasteiger charge is 2.21. The van der Waals surface area contributed by atoms with E-state index >= 15 is 0 Å². The first-order valence-electron chi connectivity index (χ1n) is 9.05. The Hall–Kier alpha value is -3.24. The third-order valence-electron chi connectivity index (χ3n) is 4.37. The molecule has 138 valence electrons. The predicted octanol–water partition coefficient (Wildman–Crippen LogP) is 6.14. The van der Waals surface area contributed by atoms with E-state index in [1.807, 2.05) is 91.9 Å². The van der Waals surface area contributed by atoms with Gasteiger partial charge in [0.2, 0.25) is 0 Å². The van der Waals surface area contributed by atoms with E-state index in [-0.39, 0.29) is 6.61 Å². The number of benzene rings is 3. The lowest BCUT2D eigenvalue weighted by Gasteiger charge is -2.05. The number of thiazole rings is 1. The number of rotatable bonds is 5. The van der Waals surface area contributed by atoms with Gasteiger partial charge in [0.05, 0.1) is 4.88 Å². The van der Waals surface area contributed by atoms with Gasteiger partial charge in [0.1, 0.15) is 11.6 Å². The Balaban J connectivity index is 1.68. The van der Waals surface area contributed by atoms with Crippen LogP contribution in [-0.4, -0.2) is 11.0 Å². The van der Waals surface area contributed by atoms with Crippen molar-refractivity contribution in [2.45, 2.75) is 13.5 Å². The maximum Gasteiger partial charge on any atom is 0.358 e. The van der Waals surface area contributed by atoms with Crippen molar-refractivity contribution in [1.82, 2.24) is 4.98 Å². The number of carbonyl (C=O) groups is 1. The van der Waals surface area contributed by atoms with Gasteiger partial charge in [-0.2, -0.15) is 0 Å². The maximum absolute atomic E-state index is 12.8. The van der Waals surface area contributed by atoms with E-state index in [0.29, 0.717) is 5.69 Å². The normalized spacial score (nSPS) is 10.6. The lowest BCUT2D eigenvalue weighted by Crippen LogP contribution is -2.07. The second-order valence-corrected chi connectivity index (χ2v) is 7.49. The highest BCUT2D eigenvalue weighted by atomic mass is 32.1. The molecule has 3 aromatic carbocycles. The standard InChI is InChI=1S/C24H19NO2S/c1-17-12-14-19(15-13-17)22-21(24(26)27-16-18-8-4-2-5-9-18)25-23(28-22)20-10-6-3-7-11-20/h2-15H,16H2,1H3. The predicted molar refractivity (Wildman–Crippen MR) is 113 cm³/mol. The van der Waals surface area contributed by atoms with E-state index in [1.165, 1.54) is 16.9 Å². The molecule has 0 unspecified atom stereocenters. The summed E-state index contributed by atoms with van der Waals surface area (Å²) in [6.45, 7) is 2.27. The molecule has 0 bridgehead atoms. The molecule has 0 amide bonds. The Morgan fingerprint density at radius 2 is 1.50 bits per heavy atom. The van der Waals surface area contributed by atoms with Gasteiger partial charge < -0.3 is 4.74 Å². The zero-order chi connectivity index (χ0) is 19.3. The summed E-state index contributed by atoms with van der Waals surface area (Å²) < 4.78 is 5.55. The molecule has 1 aromatic heterocycles. The molecule has 0 aliphatic carbocycles. The molecule has 0 radical (unpaired) electrons. The quantitative estimate of drug-likeness (QED) is 0.387. The van der Waals surface area contributed by atoms with E-state index in [4.69, 9.17) is 4.74 Å². The average molecular weight is 385 g/mol. The van der Waals surface area contributed by atoms with E-state index in [0.717, 1.165) is 26.6 Å². The molecule has 0 fully saturated rings. The molecular formula is C24H19NO2S. The van der Waals surface area contributed by atoms with Crippen LogP contribution in [0.25, 0.3) is 21.0 Å². The summed E-state index contributed by atoms with van der Waals surface area (Å²) in [5.41, 5.74) is 4.44. The molecule has 4 aromatic rings. The van der Waals surface area contributed by atoms with Gasteiger partial charge >= 0.3 is 5.97 Å². The van der Waals surface area contributed by atoms with Crippen molar-refractivity contribution in [2.24, 2.45) is 0 Å². The second kappa shape index (κ2) is 8.19. The number of hydrogen-bond donors (Lipinski definition) is 0. The number of aryl methyl sites for hydroxylation is 1. The van der Waals surface area contributed by atoms with Gasteiger partial charge in [-0.25, -0.2) is 9.78 Å². The summed E-state index contributed by atoms with van der Waals surface area (Å²) in [7, 11) is 0. The van der Waals surface area contributed by atoms with Crippen LogP contribution < -0.4 is 0 Å². The molecule has 3 nitrogen and oxygen atoms in total. The third kappa shape index (κ3) is 4.02. The average Bonchev–Trinajstić information content (AvgIpc) is 3.19. The van der Waals surface area contributed by atoms with Crippen molar-refractivity contribution in [2.75, 3.05) is 0 Å². The Morgan fingerprint density at radius 3 is 2.18 bits per heavy atom. The van der Waals surface area contributed by atoms with Gasteiger partial charge in [-0.1, -0.05) is 90.5 Å². The number of hydrogen-bond acceptors (Lipinski definition) is 4. The van der Waals surface area contributed by atoms with Crippen molar-refractivity contribution in [3.05, 3.63) is 102 Å². The minimum absolute atomic E-state index is 0.227. The van der Waals surface area contributed by atoms with Crippen molar-refractivity contribution < 1.29 is 9.53 Å². The molecular weight excluding hydrogens is 366 g/mol. The van der Waals surface area contributed by atoms with Crippen molar-refractivity contribution in [3.63, 3.8) is 0 Å². The number of ether oxygens (including phenoxy) is 1. The van der Waals surface area contributed by atoms with Crippen molar-refractivity contribution in [3.8, 4) is 21.0 Å². The highest BCUT2D eigenvalue weighted by Crippen LogP contribution is 2.36. The van der Waals surface area contributed by atoms with Crippen LogP contribution in [-0.2, 0) is 11.3 Å². The lowest BCUT2D eigenvalue weighted by atomic mass is 10.1. The highest BCUT2D eigenvalue weighted by molar-refractivity contribution is 7.18. The molecule has 0 aliphatic heterocycles. The first-order chi connectivity index (χ1) is 13.7. The first-order valence-corrected chi connectivity index (χ1v) is 9.87. The molecule has 0 N–H and O–H groups in total. The summed E-state index contributed by atoms with van der Waals surface area (Å²) >= 11 is 1.51. The van der Waals surface area contributed by atoms with Crippen LogP contribution in [0.2, 0.25) is 0 Å². The molecule has 0 spiro atoms. The monoisotopic (exact) mass is 385 g/mol. The van der Waals surface area contributed by atoms with E-state index < -0.39 is 5.97 Å². The van der Waals surface area contributed by atoms with Crippen LogP contribution in [0.3, 0.4) is 0 Å². The molecule has 0 atom stereocenters. The van der Waals surface area contributed by atoms with E-state index in [2.05, 4.69) is 4.98 Å². The topological polar surface area (TPSA) is 39.2 Å². The van der Waals surface area contributed by atoms with E-state index in [9.17, 15) is 4.79 Å². The van der Waals surface area contributed by atoms with Crippen LogP contribution in [0.4, 0.5) is 0 Å². The zero-order valence-electron chi connectivity index (χ0n) is 15.5. The van der Waals surface area contributed by atoms with Gasteiger partial charge in [0, 0.05) is 5.56 Å². The number of carbonyl (C=O) groups excluding carboxylic acids is 1. The fraction of sp³-hybridized carbons (Fsp3) is 0.0833. The molecule has 0 saturated carbocycles. The van der Waals surface area contributed by atoms with Gasteiger partial charge in [-0.05, 0) is 18.1 Å². The zero-order valence-corrected chi connectivity index (χ0v) is 16.3. The third-order valence-corrected chi connectivity index (χ3v) is 5.52. The molecule has 1 heterocycles. The lowest BCUT2D eigenvalue weighted by molar-refractivity contribution is 0.0467. The summed E-state index contributed by atoms with van der Waals surface area (Å²) in [5, 5.41) is 0.808. The second-order valence-electron chi connectivity index (χ2n) is 6.49. The Labute approximate surface area is 168 Å². The van der Waals surface area contributed by atoms with Crippen LogP contribution >= 0.6 is 11.3 Å². The molecule has 28 heavy (non-hydrogen) atoms. The smallest absolute Gasteiger partial charge is 0.358 e. The minimum atomic E-state index is -0.405. The largest absolute Gasteiger partial charge is 0.456 e. The summed E-state index contributed by atoms with van der Waals surface area (Å²) in [6.07, 6.45) is 0. The fourth-order valence-corrected chi connectivity index (χ4v) is 3.92. The molecule has 0 saturated heterocycles. The van der Waals surface area contributed by atoms with Gasteiger partial charge in [-0.15, -0.1) is 11.3 Å². The SMILES string of the molecule is Cc1ccc(-c2sc(-c3ccccc3)nc2C(=O)OCc2ccccc2)cc1. The molecule has 4 heteroatoms. The van der Waals surface area contributed by atoms with Gasteiger partial charge in [0.15, 0.2) is 5.69 Å². The number of nitrogens with zero attached hydrogens (tertiary/aromatic N) is 1. The van der Waals surface area contributed by atoms with Gasteiger partial charge in [0.25, 0.3) is 0 Å². The maximum atomic E-state index is 12.8. The summed E-state index contributed by atoms with van der Waals surface area (Å²) in [4.78, 5) is 18.3. The summed E-state index contributed by atoms with van der Waals surface area (Å²) in [6, 6.07) is 27.7. The van der Waals surface area contributed by atoms with Crippen LogP contribution in [0.5, 0.6) is 0 Å². The molecule has 0 aliphatic rings. The Morgan fingerprint density at radius 1 is 0.857 bits per heavy atom. The number of esters is 1. The number of aromatic nitrogens is 1. The summed E-state index contributed by atoms with van der Waals surface area (Å²) in [5.74, 6) is -0.405. The molecule has 4 rings (SSSR count). The van der Waals surface area contributed by atoms with E-state index in [1.54, 1.807) is 0 Å². The van der Waals surface area contributed by atoms with Crippen LogP contribution in [0.1, 0.15) is 21.6 Å². The van der Waals surface area contributed by atoms with Gasteiger partial charge in [-0.3, -0.25) is 0 Å². The Bertz CT molecular complexity index is 1070.